The van der Waals surface area contributed by atoms with Crippen LogP contribution in [-0.2, 0) is 6.54 Å². The highest BCUT2D eigenvalue weighted by atomic mass is 16.2. The number of hydrogen-bond acceptors (Lipinski definition) is 4. The number of carbonyl (C=O) groups is 1. The van der Waals surface area contributed by atoms with E-state index in [1.165, 1.54) is 19.3 Å². The van der Waals surface area contributed by atoms with Gasteiger partial charge < -0.3 is 20.5 Å². The summed E-state index contributed by atoms with van der Waals surface area (Å²) in [4.78, 5) is 29.8. The first kappa shape index (κ1) is 21.2. The highest BCUT2D eigenvalue weighted by molar-refractivity contribution is 6.10. The zero-order valence-electron chi connectivity index (χ0n) is 18.5. The molecule has 0 radical (unpaired) electrons. The fourth-order valence-corrected chi connectivity index (χ4v) is 4.46. The standard InChI is InChI=1S/C24H31N5O2/c1-24(2,3)29-14-15-13-17(9-10-18(15)23(29)31)28-21(25)20-19(11-12-26-22(20)30)27-16-7-5-4-6-8-16/h9-13,16H,4-8,14H2,1-3H3,(H2,25,28)(H2,26,27,30). The number of hydrogen-bond donors (Lipinski definition) is 4. The maximum absolute atomic E-state index is 12.7. The van der Waals surface area contributed by atoms with Crippen LogP contribution in [0.1, 0.15) is 74.4 Å². The van der Waals surface area contributed by atoms with E-state index in [0.717, 1.165) is 18.4 Å². The summed E-state index contributed by atoms with van der Waals surface area (Å²) >= 11 is 0. The molecular weight excluding hydrogens is 390 g/mol. The fraction of sp³-hybridized carbons (Fsp3) is 0.458. The maximum Gasteiger partial charge on any atom is 0.261 e. The van der Waals surface area contributed by atoms with Gasteiger partial charge in [-0.05, 0) is 63.4 Å². The minimum atomic E-state index is -0.298. The fourth-order valence-electron chi connectivity index (χ4n) is 4.46. The number of aromatic nitrogens is 1. The Balaban J connectivity index is 1.55. The number of rotatable bonds is 4. The van der Waals surface area contributed by atoms with Crippen molar-refractivity contribution < 1.29 is 4.79 Å². The molecule has 1 amide bonds. The highest BCUT2D eigenvalue weighted by Crippen LogP contribution is 2.31. The largest absolute Gasteiger partial charge is 0.382 e. The van der Waals surface area contributed by atoms with E-state index < -0.39 is 0 Å². The normalized spacial score (nSPS) is 16.9. The van der Waals surface area contributed by atoms with Gasteiger partial charge >= 0.3 is 0 Å². The molecular formula is C24H31N5O2. The third-order valence-electron chi connectivity index (χ3n) is 6.16. The first-order valence-corrected chi connectivity index (χ1v) is 11.0. The van der Waals surface area contributed by atoms with Gasteiger partial charge in [-0.1, -0.05) is 19.3 Å². The van der Waals surface area contributed by atoms with Crippen molar-refractivity contribution in [1.29, 1.82) is 5.41 Å². The summed E-state index contributed by atoms with van der Waals surface area (Å²) in [5.74, 6) is 0.0692. The second-order valence-electron chi connectivity index (χ2n) is 9.51. The maximum atomic E-state index is 12.7. The van der Waals surface area contributed by atoms with Crippen molar-refractivity contribution >= 4 is 23.1 Å². The summed E-state index contributed by atoms with van der Waals surface area (Å²) < 4.78 is 0. The van der Waals surface area contributed by atoms with E-state index in [4.69, 9.17) is 5.41 Å². The summed E-state index contributed by atoms with van der Waals surface area (Å²) in [7, 11) is 0. The van der Waals surface area contributed by atoms with Crippen molar-refractivity contribution in [3.63, 3.8) is 0 Å². The molecule has 1 saturated carbocycles. The van der Waals surface area contributed by atoms with E-state index in [0.29, 0.717) is 35.1 Å². The van der Waals surface area contributed by atoms with E-state index in [-0.39, 0.29) is 22.8 Å². The molecule has 31 heavy (non-hydrogen) atoms. The predicted molar refractivity (Wildman–Crippen MR) is 124 cm³/mol. The third kappa shape index (κ3) is 4.36. The molecule has 0 bridgehead atoms. The van der Waals surface area contributed by atoms with Gasteiger partial charge in [-0.3, -0.25) is 15.0 Å². The number of anilines is 2. The predicted octanol–water partition coefficient (Wildman–Crippen LogP) is 4.31. The Labute approximate surface area is 182 Å². The van der Waals surface area contributed by atoms with Crippen LogP contribution in [0.15, 0.2) is 35.3 Å². The Kier molecular flexibility index (Phi) is 5.60. The molecule has 1 fully saturated rings. The van der Waals surface area contributed by atoms with Gasteiger partial charge in [-0.15, -0.1) is 0 Å². The molecule has 7 nitrogen and oxygen atoms in total. The van der Waals surface area contributed by atoms with Gasteiger partial charge in [0, 0.05) is 35.6 Å². The smallest absolute Gasteiger partial charge is 0.261 e. The van der Waals surface area contributed by atoms with Crippen LogP contribution in [0.25, 0.3) is 0 Å². The highest BCUT2D eigenvalue weighted by Gasteiger charge is 2.34. The Bertz CT molecular complexity index is 1060. The number of H-pyrrole nitrogens is 1. The Morgan fingerprint density at radius 3 is 2.58 bits per heavy atom. The minimum Gasteiger partial charge on any atom is -0.382 e. The molecule has 7 heteroatoms. The van der Waals surface area contributed by atoms with Crippen LogP contribution in [-0.4, -0.2) is 33.2 Å². The number of nitrogens with one attached hydrogen (secondary N) is 4. The van der Waals surface area contributed by atoms with Crippen LogP contribution in [0.3, 0.4) is 0 Å². The van der Waals surface area contributed by atoms with E-state index in [1.54, 1.807) is 18.3 Å². The van der Waals surface area contributed by atoms with Gasteiger partial charge in [0.15, 0.2) is 0 Å². The Hall–Kier alpha value is -3.09. The van der Waals surface area contributed by atoms with Crippen molar-refractivity contribution in [3.05, 3.63) is 57.5 Å². The lowest BCUT2D eigenvalue weighted by molar-refractivity contribution is 0.0609. The molecule has 4 rings (SSSR count). The van der Waals surface area contributed by atoms with Crippen molar-refractivity contribution in [2.75, 3.05) is 10.6 Å². The second kappa shape index (κ2) is 8.21. The van der Waals surface area contributed by atoms with Gasteiger partial charge in [-0.2, -0.15) is 0 Å². The zero-order chi connectivity index (χ0) is 22.2. The zero-order valence-corrected chi connectivity index (χ0v) is 18.5. The molecule has 164 valence electrons. The van der Waals surface area contributed by atoms with E-state index >= 15 is 0 Å². The van der Waals surface area contributed by atoms with Crippen LogP contribution >= 0.6 is 0 Å². The monoisotopic (exact) mass is 421 g/mol. The van der Waals surface area contributed by atoms with E-state index in [1.807, 2.05) is 37.8 Å². The van der Waals surface area contributed by atoms with E-state index in [2.05, 4.69) is 15.6 Å². The lowest BCUT2D eigenvalue weighted by Crippen LogP contribution is -2.41. The molecule has 2 aromatic rings. The topological polar surface area (TPSA) is 101 Å². The van der Waals surface area contributed by atoms with Crippen molar-refractivity contribution in [1.82, 2.24) is 9.88 Å². The van der Waals surface area contributed by atoms with Gasteiger partial charge in [0.2, 0.25) is 0 Å². The SMILES string of the molecule is CC(C)(C)N1Cc2cc(NC(=N)c3c(NC4CCCCC4)cc[nH]c3=O)ccc2C1=O. The molecule has 0 atom stereocenters. The van der Waals surface area contributed by atoms with Crippen molar-refractivity contribution in [2.24, 2.45) is 0 Å². The van der Waals surface area contributed by atoms with Crippen molar-refractivity contribution in [2.45, 2.75) is 71.0 Å². The molecule has 4 N–H and O–H groups in total. The number of benzene rings is 1. The van der Waals surface area contributed by atoms with Crippen LogP contribution in [0.5, 0.6) is 0 Å². The average molecular weight is 422 g/mol. The van der Waals surface area contributed by atoms with Crippen LogP contribution < -0.4 is 16.2 Å². The number of aromatic amines is 1. The molecule has 0 unspecified atom stereocenters. The number of amidine groups is 1. The number of nitrogens with zero attached hydrogens (tertiary/aromatic N) is 1. The summed E-state index contributed by atoms with van der Waals surface area (Å²) in [6.45, 7) is 6.61. The first-order chi connectivity index (χ1) is 14.7. The van der Waals surface area contributed by atoms with Crippen LogP contribution in [0, 0.1) is 5.41 Å². The Morgan fingerprint density at radius 1 is 1.13 bits per heavy atom. The third-order valence-corrected chi connectivity index (χ3v) is 6.16. The molecule has 0 spiro atoms. The second-order valence-corrected chi connectivity index (χ2v) is 9.51. The molecule has 1 aliphatic carbocycles. The number of carbonyl (C=O) groups excluding carboxylic acids is 1. The van der Waals surface area contributed by atoms with Crippen LogP contribution in [0.2, 0.25) is 0 Å². The number of amides is 1. The molecule has 2 aliphatic rings. The van der Waals surface area contributed by atoms with Crippen LogP contribution in [0.4, 0.5) is 11.4 Å². The summed E-state index contributed by atoms with van der Waals surface area (Å²) in [6.07, 6.45) is 7.40. The summed E-state index contributed by atoms with van der Waals surface area (Å²) in [5.41, 5.74) is 2.76. The van der Waals surface area contributed by atoms with E-state index in [9.17, 15) is 9.59 Å². The molecule has 1 aliphatic heterocycles. The van der Waals surface area contributed by atoms with Gasteiger partial charge in [0.25, 0.3) is 11.5 Å². The Morgan fingerprint density at radius 2 is 1.87 bits per heavy atom. The first-order valence-electron chi connectivity index (χ1n) is 11.0. The molecule has 1 aromatic heterocycles. The molecule has 0 saturated heterocycles. The van der Waals surface area contributed by atoms with Gasteiger partial charge in [0.1, 0.15) is 11.4 Å². The average Bonchev–Trinajstić information content (AvgIpc) is 3.05. The minimum absolute atomic E-state index is 0.0302. The quantitative estimate of drug-likeness (QED) is 0.436. The van der Waals surface area contributed by atoms with Gasteiger partial charge in [-0.25, -0.2) is 0 Å². The van der Waals surface area contributed by atoms with Crippen molar-refractivity contribution in [3.8, 4) is 0 Å². The summed E-state index contributed by atoms with van der Waals surface area (Å²) in [6, 6.07) is 7.65. The lowest BCUT2D eigenvalue weighted by atomic mass is 9.95. The summed E-state index contributed by atoms with van der Waals surface area (Å²) in [5, 5.41) is 15.1. The number of fused-ring (bicyclic) bond motifs is 1. The number of pyridine rings is 1. The van der Waals surface area contributed by atoms with Gasteiger partial charge in [0.05, 0.1) is 5.69 Å². The lowest BCUT2D eigenvalue weighted by Gasteiger charge is -2.31. The molecule has 1 aromatic carbocycles. The molecule has 2 heterocycles.